The Kier molecular flexibility index (Phi) is 5.46. The highest BCUT2D eigenvalue weighted by molar-refractivity contribution is 6.30. The highest BCUT2D eigenvalue weighted by Gasteiger charge is 2.14. The number of hydrogen-bond donors (Lipinski definition) is 0. The Bertz CT molecular complexity index is 1910. The van der Waals surface area contributed by atoms with E-state index in [2.05, 4.69) is 36.4 Å². The fourth-order valence-electron chi connectivity index (χ4n) is 4.76. The summed E-state index contributed by atoms with van der Waals surface area (Å²) in [5.74, 6) is 1.84. The van der Waals surface area contributed by atoms with E-state index in [-0.39, 0.29) is 0 Å². The van der Waals surface area contributed by atoms with Crippen LogP contribution < -0.4 is 0 Å². The summed E-state index contributed by atoms with van der Waals surface area (Å²) < 4.78 is 6.09. The van der Waals surface area contributed by atoms with E-state index >= 15 is 0 Å². The molecular formula is C33H20ClN3O. The molecule has 180 valence electrons. The summed E-state index contributed by atoms with van der Waals surface area (Å²) in [5, 5.41) is 2.90. The van der Waals surface area contributed by atoms with Crippen molar-refractivity contribution in [1.82, 2.24) is 15.0 Å². The molecule has 0 radical (unpaired) electrons. The maximum Gasteiger partial charge on any atom is 0.164 e. The molecule has 0 N–H and O–H groups in total. The van der Waals surface area contributed by atoms with Gasteiger partial charge in [-0.15, -0.1) is 0 Å². The molecule has 0 aliphatic heterocycles. The number of para-hydroxylation sites is 1. The Morgan fingerprint density at radius 3 is 1.66 bits per heavy atom. The Hall–Kier alpha value is -4.80. The summed E-state index contributed by atoms with van der Waals surface area (Å²) >= 11 is 6.12. The zero-order chi connectivity index (χ0) is 25.5. The number of furan rings is 1. The Balaban J connectivity index is 1.34. The second-order valence-electron chi connectivity index (χ2n) is 9.03. The van der Waals surface area contributed by atoms with Crippen molar-refractivity contribution in [2.45, 2.75) is 0 Å². The molecule has 2 heterocycles. The van der Waals surface area contributed by atoms with Crippen molar-refractivity contribution in [3.8, 4) is 45.3 Å². The van der Waals surface area contributed by atoms with Crippen molar-refractivity contribution in [3.05, 3.63) is 126 Å². The van der Waals surface area contributed by atoms with Crippen LogP contribution in [0.1, 0.15) is 0 Å². The molecule has 5 heteroatoms. The molecule has 4 nitrogen and oxygen atoms in total. The van der Waals surface area contributed by atoms with E-state index in [4.69, 9.17) is 31.0 Å². The summed E-state index contributed by atoms with van der Waals surface area (Å²) in [6.07, 6.45) is 0. The molecule has 0 aliphatic rings. The lowest BCUT2D eigenvalue weighted by molar-refractivity contribution is 0.669. The molecule has 5 aromatic carbocycles. The zero-order valence-corrected chi connectivity index (χ0v) is 20.9. The van der Waals surface area contributed by atoms with E-state index < -0.39 is 0 Å². The van der Waals surface area contributed by atoms with Crippen LogP contribution in [0.3, 0.4) is 0 Å². The van der Waals surface area contributed by atoms with Gasteiger partial charge in [0.1, 0.15) is 11.2 Å². The van der Waals surface area contributed by atoms with Gasteiger partial charge >= 0.3 is 0 Å². The van der Waals surface area contributed by atoms with Crippen LogP contribution in [0.15, 0.2) is 126 Å². The highest BCUT2D eigenvalue weighted by Crippen LogP contribution is 2.37. The fraction of sp³-hybridized carbons (Fsp3) is 0. The third-order valence-electron chi connectivity index (χ3n) is 6.63. The summed E-state index contributed by atoms with van der Waals surface area (Å²) in [6, 6.07) is 40.2. The van der Waals surface area contributed by atoms with Crippen LogP contribution in [0.2, 0.25) is 5.02 Å². The summed E-state index contributed by atoms with van der Waals surface area (Å²) in [7, 11) is 0. The van der Waals surface area contributed by atoms with Gasteiger partial charge in [-0.2, -0.15) is 0 Å². The van der Waals surface area contributed by atoms with Crippen molar-refractivity contribution in [2.24, 2.45) is 0 Å². The molecule has 0 spiro atoms. The smallest absolute Gasteiger partial charge is 0.164 e. The van der Waals surface area contributed by atoms with Gasteiger partial charge in [-0.05, 0) is 47.5 Å². The standard InChI is InChI=1S/C33H20ClN3O/c34-25-19-17-24(18-20-25)33-36-31(22-7-2-1-3-8-22)35-32(37-33)23-15-13-21(14-16-23)26-10-6-12-29-30(26)27-9-4-5-11-28(27)38-29/h1-20H. The predicted molar refractivity (Wildman–Crippen MR) is 154 cm³/mol. The van der Waals surface area contributed by atoms with Gasteiger partial charge in [0, 0.05) is 32.5 Å². The van der Waals surface area contributed by atoms with Crippen molar-refractivity contribution in [1.29, 1.82) is 0 Å². The first-order valence-corrected chi connectivity index (χ1v) is 12.7. The molecule has 0 fully saturated rings. The van der Waals surface area contributed by atoms with Crippen LogP contribution >= 0.6 is 11.6 Å². The largest absolute Gasteiger partial charge is 0.456 e. The normalized spacial score (nSPS) is 11.3. The molecule has 7 aromatic rings. The van der Waals surface area contributed by atoms with Crippen molar-refractivity contribution < 1.29 is 4.42 Å². The van der Waals surface area contributed by atoms with Crippen molar-refractivity contribution in [2.75, 3.05) is 0 Å². The quantitative estimate of drug-likeness (QED) is 0.237. The lowest BCUT2D eigenvalue weighted by Crippen LogP contribution is -2.00. The Labute approximate surface area is 224 Å². The molecule has 0 amide bonds. The topological polar surface area (TPSA) is 51.8 Å². The van der Waals surface area contributed by atoms with Gasteiger partial charge in [0.15, 0.2) is 17.5 Å². The minimum absolute atomic E-state index is 0.601. The molecule has 0 unspecified atom stereocenters. The first-order chi connectivity index (χ1) is 18.7. The highest BCUT2D eigenvalue weighted by atomic mass is 35.5. The Morgan fingerprint density at radius 2 is 0.974 bits per heavy atom. The van der Waals surface area contributed by atoms with Gasteiger partial charge < -0.3 is 4.42 Å². The molecule has 0 atom stereocenters. The molecular weight excluding hydrogens is 490 g/mol. The van der Waals surface area contributed by atoms with Gasteiger partial charge in [0.25, 0.3) is 0 Å². The van der Waals surface area contributed by atoms with Gasteiger partial charge in [-0.3, -0.25) is 0 Å². The first-order valence-electron chi connectivity index (χ1n) is 12.3. The molecule has 38 heavy (non-hydrogen) atoms. The number of hydrogen-bond acceptors (Lipinski definition) is 4. The average Bonchev–Trinajstić information content (AvgIpc) is 3.37. The van der Waals surface area contributed by atoms with E-state index in [1.165, 1.54) is 0 Å². The number of nitrogens with zero attached hydrogens (tertiary/aromatic N) is 3. The number of fused-ring (bicyclic) bond motifs is 3. The number of halogens is 1. The predicted octanol–water partition coefficient (Wildman–Crippen LogP) is 9.09. The zero-order valence-electron chi connectivity index (χ0n) is 20.2. The van der Waals surface area contributed by atoms with Crippen molar-refractivity contribution in [3.63, 3.8) is 0 Å². The second kappa shape index (κ2) is 9.25. The molecule has 7 rings (SSSR count). The second-order valence-corrected chi connectivity index (χ2v) is 9.47. The fourth-order valence-corrected chi connectivity index (χ4v) is 4.89. The SMILES string of the molecule is Clc1ccc(-c2nc(-c3ccccc3)nc(-c3ccc(-c4cccc5oc6ccccc6c45)cc3)n2)cc1. The number of aromatic nitrogens is 3. The van der Waals surface area contributed by atoms with E-state index in [1.54, 1.807) is 0 Å². The average molecular weight is 510 g/mol. The number of rotatable bonds is 4. The molecule has 0 bridgehead atoms. The van der Waals surface area contributed by atoms with Crippen LogP contribution in [-0.2, 0) is 0 Å². The van der Waals surface area contributed by atoms with E-state index in [0.717, 1.165) is 49.8 Å². The molecule has 0 aliphatic carbocycles. The van der Waals surface area contributed by atoms with E-state index in [9.17, 15) is 0 Å². The van der Waals surface area contributed by atoms with Crippen LogP contribution in [0.5, 0.6) is 0 Å². The van der Waals surface area contributed by atoms with Crippen LogP contribution in [-0.4, -0.2) is 15.0 Å². The van der Waals surface area contributed by atoms with Gasteiger partial charge in [0.05, 0.1) is 0 Å². The summed E-state index contributed by atoms with van der Waals surface area (Å²) in [6.45, 7) is 0. The van der Waals surface area contributed by atoms with Crippen LogP contribution in [0.25, 0.3) is 67.2 Å². The van der Waals surface area contributed by atoms with Gasteiger partial charge in [-0.25, -0.2) is 15.0 Å². The lowest BCUT2D eigenvalue weighted by atomic mass is 9.98. The minimum Gasteiger partial charge on any atom is -0.456 e. The third-order valence-corrected chi connectivity index (χ3v) is 6.88. The van der Waals surface area contributed by atoms with Gasteiger partial charge in [0.2, 0.25) is 0 Å². The van der Waals surface area contributed by atoms with Crippen molar-refractivity contribution >= 4 is 33.5 Å². The van der Waals surface area contributed by atoms with E-state index in [0.29, 0.717) is 22.5 Å². The molecule has 2 aromatic heterocycles. The summed E-state index contributed by atoms with van der Waals surface area (Å²) in [5.41, 5.74) is 6.72. The third kappa shape index (κ3) is 4.01. The molecule has 0 saturated carbocycles. The summed E-state index contributed by atoms with van der Waals surface area (Å²) in [4.78, 5) is 14.4. The van der Waals surface area contributed by atoms with E-state index in [1.807, 2.05) is 84.9 Å². The Morgan fingerprint density at radius 1 is 0.447 bits per heavy atom. The minimum atomic E-state index is 0.601. The van der Waals surface area contributed by atoms with Crippen LogP contribution in [0, 0.1) is 0 Å². The number of benzene rings is 5. The van der Waals surface area contributed by atoms with Crippen LogP contribution in [0.4, 0.5) is 0 Å². The lowest BCUT2D eigenvalue weighted by Gasteiger charge is -2.09. The maximum absolute atomic E-state index is 6.12. The maximum atomic E-state index is 6.12. The first kappa shape index (κ1) is 22.4. The molecule has 0 saturated heterocycles. The van der Waals surface area contributed by atoms with Gasteiger partial charge in [-0.1, -0.05) is 96.5 Å². The monoisotopic (exact) mass is 509 g/mol.